The number of H-pyrrole nitrogens is 1. The predicted octanol–water partition coefficient (Wildman–Crippen LogP) is 3.46. The normalized spacial score (nSPS) is 10.9. The molecule has 0 atom stereocenters. The van der Waals surface area contributed by atoms with Crippen molar-refractivity contribution in [2.24, 2.45) is 0 Å². The average Bonchev–Trinajstić information content (AvgIpc) is 3.04. The molecule has 27 heavy (non-hydrogen) atoms. The van der Waals surface area contributed by atoms with Gasteiger partial charge in [0.1, 0.15) is 5.75 Å². The number of anilines is 1. The van der Waals surface area contributed by atoms with E-state index >= 15 is 0 Å². The summed E-state index contributed by atoms with van der Waals surface area (Å²) in [6, 6.07) is 5.64. The van der Waals surface area contributed by atoms with Gasteiger partial charge in [0, 0.05) is 11.8 Å². The maximum Gasteiger partial charge on any atom is 0.254 e. The van der Waals surface area contributed by atoms with Crippen molar-refractivity contribution in [2.45, 2.75) is 31.8 Å². The number of hydrogen-bond acceptors (Lipinski definition) is 7. The number of nitrogens with one attached hydrogen (secondary N) is 2. The number of hydrogen-bond donors (Lipinski definition) is 2. The summed E-state index contributed by atoms with van der Waals surface area (Å²) in [4.78, 5) is 35.4. The smallest absolute Gasteiger partial charge is 0.254 e. The molecule has 1 aromatic carbocycles. The van der Waals surface area contributed by atoms with Gasteiger partial charge in [-0.1, -0.05) is 36.4 Å². The first-order chi connectivity index (χ1) is 13.1. The van der Waals surface area contributed by atoms with Crippen LogP contribution in [0.5, 0.6) is 5.75 Å². The second kappa shape index (κ2) is 9.01. The highest BCUT2D eigenvalue weighted by atomic mass is 32.2. The number of carbonyl (C=O) groups excluding carboxylic acids is 1. The Labute approximate surface area is 164 Å². The van der Waals surface area contributed by atoms with Gasteiger partial charge < -0.3 is 15.0 Å². The van der Waals surface area contributed by atoms with Crippen molar-refractivity contribution in [2.75, 3.05) is 17.7 Å². The van der Waals surface area contributed by atoms with Gasteiger partial charge in [0.25, 0.3) is 5.56 Å². The summed E-state index contributed by atoms with van der Waals surface area (Å²) >= 11 is 2.57. The van der Waals surface area contributed by atoms with Crippen LogP contribution in [0.15, 0.2) is 34.3 Å². The topological polar surface area (TPSA) is 97.0 Å². The number of aryl methyl sites for hydroxylation is 1. The fraction of sp³-hybridized carbons (Fsp3) is 0.333. The minimum Gasteiger partial charge on any atom is -0.494 e. The summed E-state index contributed by atoms with van der Waals surface area (Å²) < 4.78 is 6.42. The van der Waals surface area contributed by atoms with E-state index in [1.807, 2.05) is 32.0 Å². The molecule has 2 N–H and O–H groups in total. The van der Waals surface area contributed by atoms with E-state index in [9.17, 15) is 9.59 Å². The minimum absolute atomic E-state index is 0.135. The summed E-state index contributed by atoms with van der Waals surface area (Å²) in [5.74, 6) is 0.712. The SMILES string of the molecule is CCCc1cnc(SCC(=O)Nc2nc3ccc(OCC)cc3s2)[nH]c1=O. The number of amides is 1. The van der Waals surface area contributed by atoms with E-state index in [4.69, 9.17) is 4.74 Å². The van der Waals surface area contributed by atoms with E-state index in [2.05, 4.69) is 20.3 Å². The van der Waals surface area contributed by atoms with Gasteiger partial charge in [-0.05, 0) is 31.5 Å². The summed E-state index contributed by atoms with van der Waals surface area (Å²) in [5, 5.41) is 3.75. The van der Waals surface area contributed by atoms with Crippen molar-refractivity contribution in [3.05, 3.63) is 40.3 Å². The third-order valence-electron chi connectivity index (χ3n) is 3.63. The monoisotopic (exact) mass is 404 g/mol. The number of nitrogens with zero attached hydrogens (tertiary/aromatic N) is 2. The largest absolute Gasteiger partial charge is 0.494 e. The quantitative estimate of drug-likeness (QED) is 0.441. The van der Waals surface area contributed by atoms with Gasteiger partial charge in [0.05, 0.1) is 22.6 Å². The number of benzene rings is 1. The molecule has 2 heterocycles. The van der Waals surface area contributed by atoms with Crippen LogP contribution in [0.25, 0.3) is 10.2 Å². The standard InChI is InChI=1S/C18H20N4O3S2/c1-3-5-11-9-19-17(22-16(11)24)26-10-15(23)21-18-20-13-7-6-12(25-4-2)8-14(13)27-18/h6-9H,3-5,10H2,1-2H3,(H,19,22,24)(H,20,21,23). The molecule has 0 saturated carbocycles. The first kappa shape index (κ1) is 19.4. The Balaban J connectivity index is 1.60. The zero-order chi connectivity index (χ0) is 19.2. The number of ether oxygens (including phenoxy) is 1. The van der Waals surface area contributed by atoms with Crippen molar-refractivity contribution < 1.29 is 9.53 Å². The predicted molar refractivity (Wildman–Crippen MR) is 109 cm³/mol. The zero-order valence-corrected chi connectivity index (χ0v) is 16.7. The molecule has 0 fully saturated rings. The van der Waals surface area contributed by atoms with Crippen molar-refractivity contribution in [1.82, 2.24) is 15.0 Å². The van der Waals surface area contributed by atoms with Crippen LogP contribution in [-0.4, -0.2) is 33.2 Å². The van der Waals surface area contributed by atoms with Crippen molar-refractivity contribution in [1.29, 1.82) is 0 Å². The average molecular weight is 405 g/mol. The van der Waals surface area contributed by atoms with Crippen molar-refractivity contribution in [3.8, 4) is 5.75 Å². The molecule has 9 heteroatoms. The molecule has 7 nitrogen and oxygen atoms in total. The number of rotatable bonds is 8. The van der Waals surface area contributed by atoms with Gasteiger partial charge in [0.15, 0.2) is 10.3 Å². The molecule has 0 saturated heterocycles. The minimum atomic E-state index is -0.204. The lowest BCUT2D eigenvalue weighted by molar-refractivity contribution is -0.113. The number of aromatic nitrogens is 3. The first-order valence-corrected chi connectivity index (χ1v) is 10.4. The molecule has 2 aromatic heterocycles. The summed E-state index contributed by atoms with van der Waals surface area (Å²) in [6.45, 7) is 4.53. The maximum absolute atomic E-state index is 12.2. The Morgan fingerprint density at radius 2 is 2.22 bits per heavy atom. The summed E-state index contributed by atoms with van der Waals surface area (Å²) in [5.41, 5.74) is 1.32. The Kier molecular flexibility index (Phi) is 6.46. The van der Waals surface area contributed by atoms with Crippen LogP contribution in [0.1, 0.15) is 25.8 Å². The maximum atomic E-state index is 12.2. The van der Waals surface area contributed by atoms with Gasteiger partial charge in [-0.3, -0.25) is 9.59 Å². The highest BCUT2D eigenvalue weighted by molar-refractivity contribution is 7.99. The van der Waals surface area contributed by atoms with E-state index in [1.54, 1.807) is 6.20 Å². The van der Waals surface area contributed by atoms with Gasteiger partial charge in [-0.2, -0.15) is 0 Å². The van der Waals surface area contributed by atoms with Crippen LogP contribution >= 0.6 is 23.1 Å². The Morgan fingerprint density at radius 1 is 1.37 bits per heavy atom. The molecule has 0 unspecified atom stereocenters. The molecule has 142 valence electrons. The van der Waals surface area contributed by atoms with Gasteiger partial charge in [-0.15, -0.1) is 0 Å². The molecule has 0 spiro atoms. The second-order valence-corrected chi connectivity index (χ2v) is 7.71. The number of aromatic amines is 1. The summed E-state index contributed by atoms with van der Waals surface area (Å²) in [7, 11) is 0. The van der Waals surface area contributed by atoms with Crippen LogP contribution in [0.3, 0.4) is 0 Å². The Bertz CT molecular complexity index is 1000. The third kappa shape index (κ3) is 5.08. The molecule has 0 aliphatic carbocycles. The lowest BCUT2D eigenvalue weighted by Crippen LogP contribution is -2.17. The van der Waals surface area contributed by atoms with E-state index in [0.29, 0.717) is 28.9 Å². The van der Waals surface area contributed by atoms with E-state index in [0.717, 1.165) is 22.4 Å². The molecule has 0 radical (unpaired) electrons. The number of thiazole rings is 1. The first-order valence-electron chi connectivity index (χ1n) is 8.63. The third-order valence-corrected chi connectivity index (χ3v) is 5.45. The number of thioether (sulfide) groups is 1. The molecule has 0 aliphatic rings. The van der Waals surface area contributed by atoms with Crippen LogP contribution in [0.2, 0.25) is 0 Å². The number of fused-ring (bicyclic) bond motifs is 1. The van der Waals surface area contributed by atoms with Gasteiger partial charge in [-0.25, -0.2) is 9.97 Å². The fourth-order valence-corrected chi connectivity index (χ4v) is 3.97. The lowest BCUT2D eigenvalue weighted by atomic mass is 10.2. The molecule has 3 aromatic rings. The van der Waals surface area contributed by atoms with Crippen molar-refractivity contribution >= 4 is 44.4 Å². The van der Waals surface area contributed by atoms with Crippen LogP contribution in [0, 0.1) is 0 Å². The molecule has 1 amide bonds. The summed E-state index contributed by atoms with van der Waals surface area (Å²) in [6.07, 6.45) is 3.15. The van der Waals surface area contributed by atoms with E-state index in [-0.39, 0.29) is 17.2 Å². The van der Waals surface area contributed by atoms with Crippen molar-refractivity contribution in [3.63, 3.8) is 0 Å². The molecule has 3 rings (SSSR count). The molecular formula is C18H20N4O3S2. The Hall–Kier alpha value is -2.39. The molecule has 0 bridgehead atoms. The van der Waals surface area contributed by atoms with Crippen LogP contribution in [0.4, 0.5) is 5.13 Å². The highest BCUT2D eigenvalue weighted by Crippen LogP contribution is 2.29. The lowest BCUT2D eigenvalue weighted by Gasteiger charge is -2.02. The van der Waals surface area contributed by atoms with E-state index < -0.39 is 0 Å². The Morgan fingerprint density at radius 3 is 2.96 bits per heavy atom. The van der Waals surface area contributed by atoms with Crippen LogP contribution < -0.4 is 15.6 Å². The van der Waals surface area contributed by atoms with Crippen LogP contribution in [-0.2, 0) is 11.2 Å². The van der Waals surface area contributed by atoms with Gasteiger partial charge in [0.2, 0.25) is 5.91 Å². The highest BCUT2D eigenvalue weighted by Gasteiger charge is 2.10. The van der Waals surface area contributed by atoms with E-state index in [1.165, 1.54) is 23.1 Å². The molecular weight excluding hydrogens is 384 g/mol. The zero-order valence-electron chi connectivity index (χ0n) is 15.1. The number of carbonyl (C=O) groups is 1. The molecule has 0 aliphatic heterocycles. The van der Waals surface area contributed by atoms with Gasteiger partial charge >= 0.3 is 0 Å². The second-order valence-electron chi connectivity index (χ2n) is 5.71. The fourth-order valence-electron chi connectivity index (χ4n) is 2.43.